The van der Waals surface area contributed by atoms with E-state index in [1.165, 1.54) is 12.1 Å². The third-order valence-corrected chi connectivity index (χ3v) is 8.18. The predicted octanol–water partition coefficient (Wildman–Crippen LogP) is 4.65. The molecule has 0 aliphatic carbocycles. The Morgan fingerprint density at radius 1 is 1.17 bits per heavy atom. The van der Waals surface area contributed by atoms with Gasteiger partial charge in [-0.2, -0.15) is 13.2 Å². The number of alkyl halides is 3. The number of amides is 1. The molecule has 2 aliphatic heterocycles. The van der Waals surface area contributed by atoms with Gasteiger partial charge in [-0.1, -0.05) is 17.7 Å². The van der Waals surface area contributed by atoms with Crippen molar-refractivity contribution in [1.29, 1.82) is 0 Å². The summed E-state index contributed by atoms with van der Waals surface area (Å²) in [5.41, 5.74) is 11.9. The number of nitrogens with zero attached hydrogens (tertiary/aromatic N) is 4. The average Bonchev–Trinajstić information content (AvgIpc) is 3.31. The Bertz CT molecular complexity index is 1820. The fourth-order valence-corrected chi connectivity index (χ4v) is 5.61. The first kappa shape index (κ1) is 31.9. The number of aromatic nitrogens is 3. The zero-order valence-electron chi connectivity index (χ0n) is 24.2. The highest BCUT2D eigenvalue weighted by molar-refractivity contribution is 7.80. The van der Waals surface area contributed by atoms with Crippen molar-refractivity contribution < 1.29 is 31.8 Å². The average molecular weight is 678 g/mol. The van der Waals surface area contributed by atoms with Gasteiger partial charge in [-0.05, 0) is 67.0 Å². The Morgan fingerprint density at radius 2 is 1.98 bits per heavy atom. The topological polar surface area (TPSA) is 120 Å². The first-order valence-electron chi connectivity index (χ1n) is 14.3. The number of imidazole rings is 1. The van der Waals surface area contributed by atoms with Gasteiger partial charge in [-0.15, -0.1) is 0 Å². The van der Waals surface area contributed by atoms with Crippen molar-refractivity contribution >= 4 is 45.9 Å². The van der Waals surface area contributed by atoms with E-state index in [-0.39, 0.29) is 28.3 Å². The molecule has 0 radical (unpaired) electrons. The molecule has 16 heteroatoms. The van der Waals surface area contributed by atoms with E-state index in [2.05, 4.69) is 15.8 Å². The largest absolute Gasteiger partial charge is 0.472 e. The molecule has 2 aliphatic rings. The fraction of sp³-hybridized carbons (Fsp3) is 0.333. The summed E-state index contributed by atoms with van der Waals surface area (Å²) in [7, 11) is 0. The van der Waals surface area contributed by atoms with Gasteiger partial charge in [0.1, 0.15) is 23.8 Å². The number of nitrogens with two attached hydrogens (primary N) is 1. The number of fused-ring (bicyclic) bond motifs is 2. The molecule has 4 aromatic rings. The fourth-order valence-electron chi connectivity index (χ4n) is 5.40. The molecule has 242 valence electrons. The zero-order chi connectivity index (χ0) is 32.6. The first-order chi connectivity index (χ1) is 21.9. The quantitative estimate of drug-likeness (QED) is 0.139. The van der Waals surface area contributed by atoms with Crippen molar-refractivity contribution in [3.05, 3.63) is 87.1 Å². The van der Waals surface area contributed by atoms with Crippen LogP contribution in [0.1, 0.15) is 45.0 Å². The number of hydrogen-bond donors (Lipinski definition) is 3. The van der Waals surface area contributed by atoms with Gasteiger partial charge in [0.2, 0.25) is 5.88 Å². The summed E-state index contributed by atoms with van der Waals surface area (Å²) in [5, 5.41) is 0.0803. The summed E-state index contributed by atoms with van der Waals surface area (Å²) in [6, 6.07) is 10.0. The van der Waals surface area contributed by atoms with Gasteiger partial charge in [0.05, 0.1) is 35.9 Å². The molecule has 1 fully saturated rings. The minimum Gasteiger partial charge on any atom is -0.472 e. The van der Waals surface area contributed by atoms with Crippen molar-refractivity contribution in [3.63, 3.8) is 0 Å². The van der Waals surface area contributed by atoms with Crippen LogP contribution < -0.4 is 21.3 Å². The normalized spacial score (nSPS) is 16.5. The summed E-state index contributed by atoms with van der Waals surface area (Å²) < 4.78 is 69.5. The Kier molecular flexibility index (Phi) is 9.01. The molecule has 0 bridgehead atoms. The van der Waals surface area contributed by atoms with Gasteiger partial charge in [0.15, 0.2) is 5.11 Å². The predicted molar refractivity (Wildman–Crippen MR) is 164 cm³/mol. The monoisotopic (exact) mass is 677 g/mol. The minimum absolute atomic E-state index is 0.0172. The number of carbonyl (C=O) groups is 1. The van der Waals surface area contributed by atoms with Crippen molar-refractivity contribution in [2.24, 2.45) is 5.73 Å². The standard InChI is InChI=1S/C30H28ClF4N7O3S/c31-19-3-1-18(22(32)11-19)15-45-28-21(30(33,34)35)9-16-5-7-41(13-24(16)38-28)14-26-37-23-10-17(27(43)39-40-29(36)46)2-4-25(23)42(26)12-20-6-8-44-20/h1-4,9-11,20H,5-8,12-15H2,(H,39,43)(H3,36,40,46)/t20-/m0/s1. The van der Waals surface area contributed by atoms with Crippen molar-refractivity contribution in [1.82, 2.24) is 30.3 Å². The number of hydrogen-bond acceptors (Lipinski definition) is 7. The highest BCUT2D eigenvalue weighted by Gasteiger charge is 2.37. The lowest BCUT2D eigenvalue weighted by Gasteiger charge is -2.30. The number of halogens is 5. The van der Waals surface area contributed by atoms with Crippen molar-refractivity contribution in [2.75, 3.05) is 13.2 Å². The minimum atomic E-state index is -4.72. The molecular weight excluding hydrogens is 650 g/mol. The van der Waals surface area contributed by atoms with Crippen LogP contribution in [0.25, 0.3) is 11.0 Å². The van der Waals surface area contributed by atoms with Gasteiger partial charge in [-0.25, -0.2) is 14.4 Å². The van der Waals surface area contributed by atoms with Crippen LogP contribution in [0, 0.1) is 5.82 Å². The Labute approximate surface area is 270 Å². The van der Waals surface area contributed by atoms with Crippen LogP contribution in [0.3, 0.4) is 0 Å². The van der Waals surface area contributed by atoms with E-state index in [1.807, 2.05) is 9.47 Å². The second-order valence-electron chi connectivity index (χ2n) is 11.0. The summed E-state index contributed by atoms with van der Waals surface area (Å²) in [5.74, 6) is -1.05. The van der Waals surface area contributed by atoms with Gasteiger partial charge >= 0.3 is 6.18 Å². The molecule has 2 aromatic heterocycles. The summed E-state index contributed by atoms with van der Waals surface area (Å²) in [4.78, 5) is 23.7. The van der Waals surface area contributed by atoms with E-state index in [0.29, 0.717) is 60.8 Å². The van der Waals surface area contributed by atoms with Gasteiger partial charge in [0.25, 0.3) is 5.91 Å². The van der Waals surface area contributed by atoms with E-state index in [0.717, 1.165) is 24.1 Å². The number of benzene rings is 2. The molecule has 4 N–H and O–H groups in total. The number of ether oxygens (including phenoxy) is 2. The number of carbonyl (C=O) groups excluding carboxylic acids is 1. The second kappa shape index (κ2) is 13.0. The second-order valence-corrected chi connectivity index (χ2v) is 11.9. The van der Waals surface area contributed by atoms with Gasteiger partial charge in [0, 0.05) is 35.8 Å². The maximum absolute atomic E-state index is 14.3. The van der Waals surface area contributed by atoms with Gasteiger partial charge < -0.3 is 19.8 Å². The lowest BCUT2D eigenvalue weighted by atomic mass is 10.0. The third-order valence-electron chi connectivity index (χ3n) is 7.85. The van der Waals surface area contributed by atoms with Crippen LogP contribution in [0.5, 0.6) is 5.88 Å². The highest BCUT2D eigenvalue weighted by atomic mass is 35.5. The summed E-state index contributed by atoms with van der Waals surface area (Å²) >= 11 is 10.5. The molecule has 46 heavy (non-hydrogen) atoms. The maximum atomic E-state index is 14.3. The molecule has 2 aromatic carbocycles. The van der Waals surface area contributed by atoms with E-state index in [9.17, 15) is 22.4 Å². The number of rotatable bonds is 8. The van der Waals surface area contributed by atoms with Crippen LogP contribution in [0.2, 0.25) is 5.02 Å². The molecule has 0 unspecified atom stereocenters. The summed E-state index contributed by atoms with van der Waals surface area (Å²) in [6.45, 7) is 1.84. The van der Waals surface area contributed by atoms with Crippen LogP contribution in [-0.4, -0.2) is 49.7 Å². The molecule has 6 rings (SSSR count). The number of hydrazine groups is 1. The highest BCUT2D eigenvalue weighted by Crippen LogP contribution is 2.38. The van der Waals surface area contributed by atoms with E-state index in [1.54, 1.807) is 18.2 Å². The molecule has 10 nitrogen and oxygen atoms in total. The van der Waals surface area contributed by atoms with Crippen LogP contribution in [0.4, 0.5) is 17.6 Å². The molecule has 0 saturated carbocycles. The molecule has 1 saturated heterocycles. The van der Waals surface area contributed by atoms with Crippen molar-refractivity contribution in [2.45, 2.75) is 51.4 Å². The smallest absolute Gasteiger partial charge is 0.421 e. The van der Waals surface area contributed by atoms with Crippen molar-refractivity contribution in [3.8, 4) is 5.88 Å². The molecule has 4 heterocycles. The first-order valence-corrected chi connectivity index (χ1v) is 15.1. The Hall–Kier alpha value is -4.05. The zero-order valence-corrected chi connectivity index (χ0v) is 25.7. The third kappa shape index (κ3) is 7.02. The maximum Gasteiger partial charge on any atom is 0.421 e. The lowest BCUT2D eigenvalue weighted by molar-refractivity contribution is -0.139. The Balaban J connectivity index is 1.25. The molecular formula is C30H28ClF4N7O3S. The molecule has 1 atom stereocenters. The number of thiocarbonyl (C=S) groups is 1. The lowest BCUT2D eigenvalue weighted by Crippen LogP contribution is -2.44. The van der Waals surface area contributed by atoms with E-state index >= 15 is 0 Å². The SMILES string of the molecule is NC(=S)NNC(=O)c1ccc2c(c1)nc(CN1CCc3cc(C(F)(F)F)c(OCc4ccc(Cl)cc4F)nc3C1)n2C[C@@H]1CCO1. The van der Waals surface area contributed by atoms with Gasteiger partial charge in [-0.3, -0.25) is 20.5 Å². The Morgan fingerprint density at radius 3 is 2.67 bits per heavy atom. The number of nitrogens with one attached hydrogen (secondary N) is 2. The summed E-state index contributed by atoms with van der Waals surface area (Å²) in [6.07, 6.45) is -3.48. The molecule has 0 spiro atoms. The number of pyridine rings is 1. The molecule has 1 amide bonds. The van der Waals surface area contributed by atoms with E-state index < -0.39 is 36.0 Å². The van der Waals surface area contributed by atoms with Crippen LogP contribution in [-0.2, 0) is 43.6 Å². The van der Waals surface area contributed by atoms with E-state index in [4.69, 9.17) is 44.0 Å². The van der Waals surface area contributed by atoms with Crippen LogP contribution >= 0.6 is 23.8 Å². The van der Waals surface area contributed by atoms with Crippen LogP contribution in [0.15, 0.2) is 42.5 Å².